The number of hydrogen-bond donors (Lipinski definition) is 1. The van der Waals surface area contributed by atoms with E-state index in [9.17, 15) is 4.79 Å². The highest BCUT2D eigenvalue weighted by atomic mass is 35.5. The Kier molecular flexibility index (Phi) is 3.92. The van der Waals surface area contributed by atoms with Crippen molar-refractivity contribution < 1.29 is 9.90 Å². The molecule has 1 aromatic heterocycles. The number of hydrogen-bond acceptors (Lipinski definition) is 2. The van der Waals surface area contributed by atoms with Crippen molar-refractivity contribution in [1.82, 2.24) is 4.98 Å². The summed E-state index contributed by atoms with van der Waals surface area (Å²) in [6.07, 6.45) is 4.87. The van der Waals surface area contributed by atoms with Gasteiger partial charge < -0.3 is 5.11 Å². The molecule has 1 aromatic rings. The van der Waals surface area contributed by atoms with Gasteiger partial charge in [0.15, 0.2) is 5.69 Å². The predicted molar refractivity (Wildman–Crippen MR) is 56.0 cm³/mol. The van der Waals surface area contributed by atoms with Crippen LogP contribution in [0.25, 0.3) is 6.08 Å². The summed E-state index contributed by atoms with van der Waals surface area (Å²) in [6.45, 7) is 0. The van der Waals surface area contributed by atoms with Crippen molar-refractivity contribution in [2.75, 3.05) is 5.88 Å². The third-order valence-corrected chi connectivity index (χ3v) is 1.93. The molecular formula is C9H7Cl2NO2. The number of rotatable bonds is 3. The van der Waals surface area contributed by atoms with Gasteiger partial charge in [0.25, 0.3) is 0 Å². The lowest BCUT2D eigenvalue weighted by molar-refractivity contribution is 0.0690. The topological polar surface area (TPSA) is 50.2 Å². The standard InChI is InChI=1S/C9H7Cl2NO2/c10-3-1-2-6-4-7(11)8(9(13)14)12-5-6/h1-2,4-5H,3H2,(H,13,14). The van der Waals surface area contributed by atoms with Crippen molar-refractivity contribution in [3.05, 3.63) is 34.6 Å². The van der Waals surface area contributed by atoms with E-state index in [4.69, 9.17) is 28.3 Å². The summed E-state index contributed by atoms with van der Waals surface area (Å²) in [4.78, 5) is 14.3. The minimum Gasteiger partial charge on any atom is -0.476 e. The highest BCUT2D eigenvalue weighted by Gasteiger charge is 2.09. The summed E-state index contributed by atoms with van der Waals surface area (Å²) in [5, 5.41) is 8.77. The van der Waals surface area contributed by atoms with E-state index in [1.165, 1.54) is 12.3 Å². The maximum absolute atomic E-state index is 10.6. The second-order valence-electron chi connectivity index (χ2n) is 2.46. The average molecular weight is 232 g/mol. The molecule has 0 unspecified atom stereocenters. The first kappa shape index (κ1) is 11.0. The second-order valence-corrected chi connectivity index (χ2v) is 3.18. The summed E-state index contributed by atoms with van der Waals surface area (Å²) >= 11 is 11.1. The Hall–Kier alpha value is -1.06. The van der Waals surface area contributed by atoms with Gasteiger partial charge in [0.2, 0.25) is 0 Å². The molecular weight excluding hydrogens is 225 g/mol. The normalized spacial score (nSPS) is 10.7. The molecule has 0 bridgehead atoms. The highest BCUT2D eigenvalue weighted by Crippen LogP contribution is 2.16. The lowest BCUT2D eigenvalue weighted by Crippen LogP contribution is -2.01. The zero-order chi connectivity index (χ0) is 10.6. The van der Waals surface area contributed by atoms with E-state index in [-0.39, 0.29) is 10.7 Å². The van der Waals surface area contributed by atoms with Crippen LogP contribution in [0.1, 0.15) is 16.1 Å². The summed E-state index contributed by atoms with van der Waals surface area (Å²) in [7, 11) is 0. The van der Waals surface area contributed by atoms with Gasteiger partial charge in [-0.05, 0) is 11.6 Å². The van der Waals surface area contributed by atoms with E-state index in [1.54, 1.807) is 12.2 Å². The number of nitrogens with zero attached hydrogens (tertiary/aromatic N) is 1. The number of carbonyl (C=O) groups is 1. The third-order valence-electron chi connectivity index (χ3n) is 1.46. The Bertz CT molecular complexity index is 377. The Balaban J connectivity index is 3.00. The fraction of sp³-hybridized carbons (Fsp3) is 0.111. The summed E-state index contributed by atoms with van der Waals surface area (Å²) < 4.78 is 0. The fourth-order valence-corrected chi connectivity index (χ4v) is 1.23. The molecule has 0 aliphatic heterocycles. The lowest BCUT2D eigenvalue weighted by Gasteiger charge is -1.98. The van der Waals surface area contributed by atoms with Crippen molar-refractivity contribution in [3.63, 3.8) is 0 Å². The van der Waals surface area contributed by atoms with Gasteiger partial charge >= 0.3 is 5.97 Å². The van der Waals surface area contributed by atoms with Crippen molar-refractivity contribution in [2.24, 2.45) is 0 Å². The van der Waals surface area contributed by atoms with E-state index in [2.05, 4.69) is 4.98 Å². The predicted octanol–water partition coefficient (Wildman–Crippen LogP) is 2.69. The van der Waals surface area contributed by atoms with Crippen LogP contribution in [0.15, 0.2) is 18.3 Å². The first-order chi connectivity index (χ1) is 6.65. The van der Waals surface area contributed by atoms with Crippen LogP contribution in [0.4, 0.5) is 0 Å². The molecule has 0 aromatic carbocycles. The minimum atomic E-state index is -1.14. The SMILES string of the molecule is O=C(O)c1ncc(C=CCCl)cc1Cl. The smallest absolute Gasteiger partial charge is 0.356 e. The number of allylic oxidation sites excluding steroid dienone is 1. The van der Waals surface area contributed by atoms with Gasteiger partial charge in [0.05, 0.1) is 5.02 Å². The van der Waals surface area contributed by atoms with E-state index in [0.717, 1.165) is 5.56 Å². The molecule has 0 atom stereocenters. The number of aromatic nitrogens is 1. The van der Waals surface area contributed by atoms with Crippen LogP contribution in [-0.4, -0.2) is 21.9 Å². The summed E-state index contributed by atoms with van der Waals surface area (Å²) in [6, 6.07) is 1.53. The number of halogens is 2. The lowest BCUT2D eigenvalue weighted by atomic mass is 10.2. The van der Waals surface area contributed by atoms with Crippen LogP contribution < -0.4 is 0 Å². The van der Waals surface area contributed by atoms with Crippen LogP contribution >= 0.6 is 23.2 Å². The fourth-order valence-electron chi connectivity index (χ4n) is 0.882. The molecule has 0 saturated heterocycles. The number of carboxylic acid groups (broad SMARTS) is 1. The molecule has 0 aliphatic carbocycles. The van der Waals surface area contributed by atoms with E-state index in [1.807, 2.05) is 0 Å². The molecule has 0 spiro atoms. The van der Waals surface area contributed by atoms with Gasteiger partial charge in [-0.2, -0.15) is 0 Å². The molecule has 14 heavy (non-hydrogen) atoms. The maximum Gasteiger partial charge on any atom is 0.356 e. The Morgan fingerprint density at radius 1 is 1.64 bits per heavy atom. The molecule has 0 radical (unpaired) electrons. The zero-order valence-corrected chi connectivity index (χ0v) is 8.59. The molecule has 1 heterocycles. The summed E-state index contributed by atoms with van der Waals surface area (Å²) in [5.74, 6) is -0.749. The third kappa shape index (κ3) is 2.72. The number of carboxylic acids is 1. The number of aromatic carboxylic acids is 1. The highest BCUT2D eigenvalue weighted by molar-refractivity contribution is 6.33. The van der Waals surface area contributed by atoms with Gasteiger partial charge in [-0.3, -0.25) is 0 Å². The van der Waals surface area contributed by atoms with Crippen molar-refractivity contribution in [1.29, 1.82) is 0 Å². The Labute approximate surface area is 91.0 Å². The molecule has 74 valence electrons. The Morgan fingerprint density at radius 2 is 2.36 bits per heavy atom. The minimum absolute atomic E-state index is 0.120. The van der Waals surface area contributed by atoms with Gasteiger partial charge in [-0.25, -0.2) is 9.78 Å². The molecule has 5 heteroatoms. The van der Waals surface area contributed by atoms with Crippen molar-refractivity contribution in [3.8, 4) is 0 Å². The second kappa shape index (κ2) is 4.98. The number of pyridine rings is 1. The monoisotopic (exact) mass is 231 g/mol. The zero-order valence-electron chi connectivity index (χ0n) is 7.08. The molecule has 0 amide bonds. The van der Waals surface area contributed by atoms with Gasteiger partial charge in [0.1, 0.15) is 0 Å². The molecule has 0 saturated carbocycles. The van der Waals surface area contributed by atoms with Crippen LogP contribution in [0, 0.1) is 0 Å². The molecule has 0 aliphatic rings. The molecule has 1 N–H and O–H groups in total. The maximum atomic E-state index is 10.6. The molecule has 0 fully saturated rings. The van der Waals surface area contributed by atoms with Crippen molar-refractivity contribution >= 4 is 35.2 Å². The van der Waals surface area contributed by atoms with Crippen LogP contribution in [0.5, 0.6) is 0 Å². The van der Waals surface area contributed by atoms with Crippen molar-refractivity contribution in [2.45, 2.75) is 0 Å². The van der Waals surface area contributed by atoms with Gasteiger partial charge in [0, 0.05) is 12.1 Å². The van der Waals surface area contributed by atoms with E-state index in [0.29, 0.717) is 5.88 Å². The van der Waals surface area contributed by atoms with Gasteiger partial charge in [-0.15, -0.1) is 11.6 Å². The van der Waals surface area contributed by atoms with E-state index >= 15 is 0 Å². The Morgan fingerprint density at radius 3 is 2.86 bits per heavy atom. The van der Waals surface area contributed by atoms with Crippen LogP contribution in [-0.2, 0) is 0 Å². The molecule has 3 nitrogen and oxygen atoms in total. The van der Waals surface area contributed by atoms with Crippen LogP contribution in [0.2, 0.25) is 5.02 Å². The first-order valence-electron chi connectivity index (χ1n) is 3.76. The van der Waals surface area contributed by atoms with Gasteiger partial charge in [-0.1, -0.05) is 23.8 Å². The largest absolute Gasteiger partial charge is 0.476 e. The number of alkyl halides is 1. The average Bonchev–Trinajstić information content (AvgIpc) is 2.14. The summed E-state index contributed by atoms with van der Waals surface area (Å²) in [5.41, 5.74) is 0.579. The quantitative estimate of drug-likeness (QED) is 0.815. The van der Waals surface area contributed by atoms with Crippen LogP contribution in [0.3, 0.4) is 0 Å². The van der Waals surface area contributed by atoms with E-state index < -0.39 is 5.97 Å². The first-order valence-corrected chi connectivity index (χ1v) is 4.67. The molecule has 1 rings (SSSR count).